The molecule has 0 atom stereocenters. The van der Waals surface area contributed by atoms with Gasteiger partial charge in [-0.25, -0.2) is 0 Å². The molecule has 0 aliphatic heterocycles. The summed E-state index contributed by atoms with van der Waals surface area (Å²) in [6, 6.07) is 41.6. The number of aldehydes is 1. The van der Waals surface area contributed by atoms with Gasteiger partial charge in [0.25, 0.3) is 0 Å². The molecular weight excluding hydrogens is 548 g/mol. The van der Waals surface area contributed by atoms with Crippen molar-refractivity contribution in [3.05, 3.63) is 144 Å². The van der Waals surface area contributed by atoms with Crippen LogP contribution in [0.3, 0.4) is 0 Å². The Kier molecular flexibility index (Phi) is 13.3. The maximum Gasteiger partial charge on any atom is 0.125 e. The second-order valence-corrected chi connectivity index (χ2v) is 13.3. The number of aliphatic imine (C=N–C) groups is 1. The molecule has 0 bridgehead atoms. The molecule has 45 heavy (non-hydrogen) atoms. The molecule has 0 heterocycles. The second-order valence-electron chi connectivity index (χ2n) is 13.3. The number of hydrogen-bond donors (Lipinski definition) is 1. The van der Waals surface area contributed by atoms with Crippen LogP contribution >= 0.6 is 0 Å². The van der Waals surface area contributed by atoms with Gasteiger partial charge in [-0.15, -0.1) is 0 Å². The fourth-order valence-corrected chi connectivity index (χ4v) is 6.37. The molecule has 2 aliphatic rings. The molecule has 3 nitrogen and oxygen atoms in total. The zero-order chi connectivity index (χ0) is 31.8. The lowest BCUT2D eigenvalue weighted by molar-refractivity contribution is -0.116. The lowest BCUT2D eigenvalue weighted by atomic mass is 9.77. The summed E-state index contributed by atoms with van der Waals surface area (Å²) in [5.74, 6) is 0. The first-order chi connectivity index (χ1) is 21.9. The van der Waals surface area contributed by atoms with Crippen molar-refractivity contribution in [3.8, 4) is 0 Å². The van der Waals surface area contributed by atoms with Crippen LogP contribution in [0.15, 0.2) is 126 Å². The second kappa shape index (κ2) is 17.6. The van der Waals surface area contributed by atoms with Crippen LogP contribution in [0, 0.1) is 10.8 Å². The summed E-state index contributed by atoms with van der Waals surface area (Å²) in [6.07, 6.45) is 16.0. The first-order valence-electron chi connectivity index (χ1n) is 16.9. The normalized spacial score (nSPS) is 17.1. The summed E-state index contributed by atoms with van der Waals surface area (Å²) in [7, 11) is 0. The molecule has 3 heteroatoms. The molecule has 6 rings (SSSR count). The third-order valence-electron chi connectivity index (χ3n) is 9.36. The van der Waals surface area contributed by atoms with Crippen LogP contribution in [-0.2, 0) is 4.79 Å². The van der Waals surface area contributed by atoms with Crippen LogP contribution < -0.4 is 5.73 Å². The topological polar surface area (TPSA) is 55.5 Å². The van der Waals surface area contributed by atoms with Gasteiger partial charge in [0.15, 0.2) is 0 Å². The summed E-state index contributed by atoms with van der Waals surface area (Å²) >= 11 is 0. The average molecular weight is 601 g/mol. The van der Waals surface area contributed by atoms with Gasteiger partial charge in [-0.2, -0.15) is 0 Å². The first kappa shape index (κ1) is 34.1. The minimum absolute atomic E-state index is 0.0163. The van der Waals surface area contributed by atoms with Gasteiger partial charge in [0.1, 0.15) is 6.29 Å². The van der Waals surface area contributed by atoms with Crippen LogP contribution in [0.5, 0.6) is 0 Å². The van der Waals surface area contributed by atoms with E-state index < -0.39 is 0 Å². The number of hydrogen-bond acceptors (Lipinski definition) is 3. The molecule has 0 spiro atoms. The Labute approximate surface area is 272 Å². The summed E-state index contributed by atoms with van der Waals surface area (Å²) < 4.78 is 0. The zero-order valence-electron chi connectivity index (χ0n) is 27.4. The van der Waals surface area contributed by atoms with Crippen molar-refractivity contribution in [1.29, 1.82) is 0 Å². The van der Waals surface area contributed by atoms with E-state index in [-0.39, 0.29) is 22.9 Å². The minimum atomic E-state index is -0.0163. The molecule has 4 aromatic rings. The van der Waals surface area contributed by atoms with Crippen LogP contribution in [0.25, 0.3) is 0 Å². The van der Waals surface area contributed by atoms with Gasteiger partial charge >= 0.3 is 0 Å². The van der Waals surface area contributed by atoms with Crippen molar-refractivity contribution in [1.82, 2.24) is 0 Å². The van der Waals surface area contributed by atoms with Gasteiger partial charge in [0.2, 0.25) is 0 Å². The molecular formula is C42H52N2O. The molecule has 0 amide bonds. The fourth-order valence-electron chi connectivity index (χ4n) is 6.37. The molecule has 0 radical (unpaired) electrons. The highest BCUT2D eigenvalue weighted by molar-refractivity contribution is 5.66. The summed E-state index contributed by atoms with van der Waals surface area (Å²) in [6.45, 7) is 4.43. The maximum atomic E-state index is 10.5. The van der Waals surface area contributed by atoms with Gasteiger partial charge in [-0.05, 0) is 47.9 Å². The summed E-state index contributed by atoms with van der Waals surface area (Å²) in [5.41, 5.74) is 11.3. The van der Waals surface area contributed by atoms with Gasteiger partial charge in [-0.1, -0.05) is 174 Å². The van der Waals surface area contributed by atoms with Crippen LogP contribution in [0.2, 0.25) is 0 Å². The number of rotatable bonds is 7. The number of nitrogens with zero attached hydrogens (tertiary/aromatic N) is 1. The molecule has 2 fully saturated rings. The SMILES string of the molecule is CC1(C=NC(c2ccccc2)c2ccccc2)CCCCC1.CC1(C=O)CCCCC1.NC(c1ccccc1)c1ccccc1. The highest BCUT2D eigenvalue weighted by atomic mass is 16.1. The van der Waals surface area contributed by atoms with E-state index in [1.807, 2.05) is 36.4 Å². The number of carbonyl (C=O) groups is 1. The number of carbonyl (C=O) groups excluding carboxylic acids is 1. The van der Waals surface area contributed by atoms with E-state index >= 15 is 0 Å². The predicted molar refractivity (Wildman–Crippen MR) is 191 cm³/mol. The maximum absolute atomic E-state index is 10.5. The third-order valence-corrected chi connectivity index (χ3v) is 9.36. The van der Waals surface area contributed by atoms with Crippen molar-refractivity contribution in [3.63, 3.8) is 0 Å². The molecule has 0 aromatic heterocycles. The highest BCUT2D eigenvalue weighted by Gasteiger charge is 2.26. The smallest absolute Gasteiger partial charge is 0.125 e. The molecule has 4 aromatic carbocycles. The van der Waals surface area contributed by atoms with E-state index in [0.29, 0.717) is 0 Å². The van der Waals surface area contributed by atoms with Gasteiger partial charge in [0.05, 0.1) is 12.1 Å². The van der Waals surface area contributed by atoms with E-state index in [9.17, 15) is 4.79 Å². The zero-order valence-corrected chi connectivity index (χ0v) is 27.4. The van der Waals surface area contributed by atoms with Gasteiger partial charge in [0, 0.05) is 17.0 Å². The van der Waals surface area contributed by atoms with E-state index in [4.69, 9.17) is 10.7 Å². The third kappa shape index (κ3) is 10.9. The lowest BCUT2D eigenvalue weighted by Crippen LogP contribution is -2.22. The highest BCUT2D eigenvalue weighted by Crippen LogP contribution is 2.36. The Morgan fingerprint density at radius 3 is 1.20 bits per heavy atom. The Balaban J connectivity index is 0.000000171. The van der Waals surface area contributed by atoms with Gasteiger partial charge < -0.3 is 10.5 Å². The van der Waals surface area contributed by atoms with E-state index in [2.05, 4.69) is 105 Å². The van der Waals surface area contributed by atoms with Gasteiger partial charge in [-0.3, -0.25) is 4.99 Å². The molecule has 2 aliphatic carbocycles. The Morgan fingerprint density at radius 1 is 0.533 bits per heavy atom. The average Bonchev–Trinajstić information content (AvgIpc) is 3.11. The van der Waals surface area contributed by atoms with Crippen molar-refractivity contribution >= 4 is 12.5 Å². The number of nitrogens with two attached hydrogens (primary N) is 1. The largest absolute Gasteiger partial charge is 0.320 e. The monoisotopic (exact) mass is 600 g/mol. The van der Waals surface area contributed by atoms with E-state index in [1.165, 1.54) is 62.5 Å². The summed E-state index contributed by atoms with van der Waals surface area (Å²) in [5, 5.41) is 0. The molecule has 0 saturated heterocycles. The molecule has 2 saturated carbocycles. The van der Waals surface area contributed by atoms with Crippen LogP contribution in [-0.4, -0.2) is 12.5 Å². The van der Waals surface area contributed by atoms with Crippen LogP contribution in [0.1, 0.15) is 112 Å². The van der Waals surface area contributed by atoms with Crippen molar-refractivity contribution in [2.75, 3.05) is 0 Å². The van der Waals surface area contributed by atoms with Crippen molar-refractivity contribution in [2.24, 2.45) is 21.6 Å². The van der Waals surface area contributed by atoms with Crippen LogP contribution in [0.4, 0.5) is 0 Å². The summed E-state index contributed by atoms with van der Waals surface area (Å²) in [4.78, 5) is 15.5. The number of benzene rings is 4. The first-order valence-corrected chi connectivity index (χ1v) is 16.9. The standard InChI is InChI=1S/C21H25N.C13H13N.C8H14O/c1-21(15-9-4-10-16-21)17-22-20(18-11-5-2-6-12-18)19-13-7-3-8-14-19;14-13(11-7-3-1-4-8-11)12-9-5-2-6-10-12;1-8(7-9)5-3-2-4-6-8/h2-3,5-8,11-14,17,20H,4,9-10,15-16H2,1H3;1-10,13H,14H2;7H,2-6H2,1H3. The minimum Gasteiger partial charge on any atom is -0.320 e. The van der Waals surface area contributed by atoms with Crippen molar-refractivity contribution < 1.29 is 4.79 Å². The molecule has 0 unspecified atom stereocenters. The quantitative estimate of drug-likeness (QED) is 0.169. The predicted octanol–water partition coefficient (Wildman–Crippen LogP) is 10.7. The fraction of sp³-hybridized carbons (Fsp3) is 0.381. The lowest BCUT2D eigenvalue weighted by Gasteiger charge is -2.30. The van der Waals surface area contributed by atoms with E-state index in [0.717, 1.165) is 30.3 Å². The van der Waals surface area contributed by atoms with Crippen molar-refractivity contribution in [2.45, 2.75) is 90.1 Å². The molecule has 2 N–H and O–H groups in total. The molecule has 236 valence electrons. The Hall–Kier alpha value is -3.82. The Bertz CT molecular complexity index is 1310. The van der Waals surface area contributed by atoms with E-state index in [1.54, 1.807) is 0 Å². The Morgan fingerprint density at radius 2 is 0.867 bits per heavy atom.